The van der Waals surface area contributed by atoms with Crippen molar-refractivity contribution < 1.29 is 9.53 Å². The van der Waals surface area contributed by atoms with E-state index in [1.807, 2.05) is 60.7 Å². The number of hydrogen-bond donors (Lipinski definition) is 1. The Bertz CT molecular complexity index is 568. The molecule has 0 aliphatic heterocycles. The van der Waals surface area contributed by atoms with Crippen molar-refractivity contribution in [1.82, 2.24) is 0 Å². The minimum Gasteiger partial charge on any atom is -0.466 e. The summed E-state index contributed by atoms with van der Waals surface area (Å²) >= 11 is 0. The fraction of sp³-hybridized carbons (Fsp3) is 0.278. The molecular formula is C18H21NO2. The molecule has 0 aliphatic rings. The summed E-state index contributed by atoms with van der Waals surface area (Å²) in [6.45, 7) is 2.17. The van der Waals surface area contributed by atoms with E-state index >= 15 is 0 Å². The monoisotopic (exact) mass is 283 g/mol. The highest BCUT2D eigenvalue weighted by molar-refractivity contribution is 5.71. The van der Waals surface area contributed by atoms with E-state index in [4.69, 9.17) is 10.5 Å². The van der Waals surface area contributed by atoms with Gasteiger partial charge < -0.3 is 10.5 Å². The number of nitrogens with two attached hydrogens (primary N) is 1. The largest absolute Gasteiger partial charge is 0.466 e. The maximum Gasteiger partial charge on any atom is 0.308 e. The number of rotatable bonds is 6. The Morgan fingerprint density at radius 1 is 1.05 bits per heavy atom. The van der Waals surface area contributed by atoms with Gasteiger partial charge in [-0.05, 0) is 24.5 Å². The molecule has 0 fully saturated rings. The van der Waals surface area contributed by atoms with Gasteiger partial charge in [0.15, 0.2) is 0 Å². The molecule has 2 aromatic carbocycles. The Balaban J connectivity index is 2.27. The Labute approximate surface area is 125 Å². The molecule has 0 aromatic heterocycles. The highest BCUT2D eigenvalue weighted by Gasteiger charge is 2.31. The van der Waals surface area contributed by atoms with Crippen molar-refractivity contribution in [3.05, 3.63) is 71.8 Å². The summed E-state index contributed by atoms with van der Waals surface area (Å²) in [5.74, 6) is -0.264. The van der Waals surface area contributed by atoms with Crippen molar-refractivity contribution in [3.63, 3.8) is 0 Å². The second kappa shape index (κ2) is 7.04. The lowest BCUT2D eigenvalue weighted by atomic mass is 9.82. The van der Waals surface area contributed by atoms with E-state index in [1.54, 1.807) is 6.92 Å². The first-order valence-corrected chi connectivity index (χ1v) is 7.18. The zero-order chi connectivity index (χ0) is 15.1. The Kier molecular flexibility index (Phi) is 5.12. The van der Waals surface area contributed by atoms with Crippen LogP contribution in [0.2, 0.25) is 0 Å². The lowest BCUT2D eigenvalue weighted by Gasteiger charge is -2.29. The van der Waals surface area contributed by atoms with Gasteiger partial charge in [-0.1, -0.05) is 60.7 Å². The number of carbonyl (C=O) groups excluding carboxylic acids is 1. The lowest BCUT2D eigenvalue weighted by Crippen LogP contribution is -2.41. The van der Waals surface area contributed by atoms with Crippen LogP contribution >= 0.6 is 0 Å². The van der Waals surface area contributed by atoms with Crippen LogP contribution in [0.4, 0.5) is 0 Å². The quantitative estimate of drug-likeness (QED) is 0.829. The maximum atomic E-state index is 11.9. The molecule has 2 N–H and O–H groups in total. The van der Waals surface area contributed by atoms with Crippen LogP contribution in [0.25, 0.3) is 0 Å². The number of carbonyl (C=O) groups is 1. The molecule has 1 unspecified atom stereocenters. The average molecular weight is 283 g/mol. The van der Waals surface area contributed by atoms with Gasteiger partial charge in [-0.15, -0.1) is 0 Å². The fourth-order valence-electron chi connectivity index (χ4n) is 2.47. The molecule has 0 radical (unpaired) electrons. The van der Waals surface area contributed by atoms with Crippen molar-refractivity contribution in [3.8, 4) is 0 Å². The van der Waals surface area contributed by atoms with Gasteiger partial charge in [-0.2, -0.15) is 0 Å². The van der Waals surface area contributed by atoms with E-state index in [0.29, 0.717) is 13.0 Å². The summed E-state index contributed by atoms with van der Waals surface area (Å²) in [4.78, 5) is 11.9. The Morgan fingerprint density at radius 2 is 1.62 bits per heavy atom. The van der Waals surface area contributed by atoms with Crippen molar-refractivity contribution >= 4 is 5.97 Å². The van der Waals surface area contributed by atoms with E-state index in [2.05, 4.69) is 0 Å². The van der Waals surface area contributed by atoms with Crippen LogP contribution in [0, 0.1) is 0 Å². The smallest absolute Gasteiger partial charge is 0.308 e. The zero-order valence-electron chi connectivity index (χ0n) is 12.3. The highest BCUT2D eigenvalue weighted by atomic mass is 16.5. The first kappa shape index (κ1) is 15.3. The molecule has 0 aliphatic carbocycles. The molecule has 0 spiro atoms. The van der Waals surface area contributed by atoms with Crippen LogP contribution in [-0.2, 0) is 21.5 Å². The minimum absolute atomic E-state index is 0.166. The Morgan fingerprint density at radius 3 is 2.19 bits per heavy atom. The fourth-order valence-corrected chi connectivity index (χ4v) is 2.47. The third-order valence-electron chi connectivity index (χ3n) is 3.48. The molecule has 110 valence electrons. The SMILES string of the molecule is CCOC(=O)CC(N)(Cc1ccccc1)c1ccccc1. The molecule has 3 nitrogen and oxygen atoms in total. The van der Waals surface area contributed by atoms with Crippen molar-refractivity contribution in [1.29, 1.82) is 0 Å². The van der Waals surface area contributed by atoms with Crippen LogP contribution in [0.15, 0.2) is 60.7 Å². The first-order valence-electron chi connectivity index (χ1n) is 7.18. The third-order valence-corrected chi connectivity index (χ3v) is 3.48. The molecule has 1 atom stereocenters. The van der Waals surface area contributed by atoms with Crippen LogP contribution in [0.5, 0.6) is 0 Å². The summed E-state index contributed by atoms with van der Waals surface area (Å²) in [7, 11) is 0. The minimum atomic E-state index is -0.755. The first-order chi connectivity index (χ1) is 10.1. The highest BCUT2D eigenvalue weighted by Crippen LogP contribution is 2.27. The second-order valence-electron chi connectivity index (χ2n) is 5.17. The lowest BCUT2D eigenvalue weighted by molar-refractivity contribution is -0.144. The van der Waals surface area contributed by atoms with Crippen molar-refractivity contribution in [2.75, 3.05) is 6.61 Å². The van der Waals surface area contributed by atoms with Gasteiger partial charge in [-0.25, -0.2) is 0 Å². The molecular weight excluding hydrogens is 262 g/mol. The summed E-state index contributed by atoms with van der Waals surface area (Å²) in [5, 5.41) is 0. The van der Waals surface area contributed by atoms with Crippen LogP contribution in [0.1, 0.15) is 24.5 Å². The van der Waals surface area contributed by atoms with Gasteiger partial charge in [0, 0.05) is 0 Å². The predicted octanol–water partition coefficient (Wildman–Crippen LogP) is 3.04. The van der Waals surface area contributed by atoms with E-state index in [9.17, 15) is 4.79 Å². The molecule has 0 saturated carbocycles. The van der Waals surface area contributed by atoms with Gasteiger partial charge in [0.25, 0.3) is 0 Å². The van der Waals surface area contributed by atoms with Gasteiger partial charge in [0.05, 0.1) is 18.6 Å². The number of ether oxygens (including phenoxy) is 1. The number of hydrogen-bond acceptors (Lipinski definition) is 3. The van der Waals surface area contributed by atoms with Crippen LogP contribution < -0.4 is 5.73 Å². The summed E-state index contributed by atoms with van der Waals surface area (Å²) in [5.41, 5.74) is 7.88. The molecule has 0 amide bonds. The van der Waals surface area contributed by atoms with Crippen molar-refractivity contribution in [2.45, 2.75) is 25.3 Å². The van der Waals surface area contributed by atoms with Gasteiger partial charge in [0.1, 0.15) is 0 Å². The number of esters is 1. The molecule has 2 aromatic rings. The van der Waals surface area contributed by atoms with E-state index in [1.165, 1.54) is 0 Å². The van der Waals surface area contributed by atoms with E-state index in [0.717, 1.165) is 11.1 Å². The maximum absolute atomic E-state index is 11.9. The second-order valence-corrected chi connectivity index (χ2v) is 5.17. The third kappa shape index (κ3) is 4.17. The van der Waals surface area contributed by atoms with Gasteiger partial charge >= 0.3 is 5.97 Å². The summed E-state index contributed by atoms with van der Waals surface area (Å²) in [6.07, 6.45) is 0.760. The molecule has 2 rings (SSSR count). The van der Waals surface area contributed by atoms with Crippen LogP contribution in [-0.4, -0.2) is 12.6 Å². The molecule has 0 bridgehead atoms. The Hall–Kier alpha value is -2.13. The van der Waals surface area contributed by atoms with E-state index < -0.39 is 5.54 Å². The predicted molar refractivity (Wildman–Crippen MR) is 83.7 cm³/mol. The van der Waals surface area contributed by atoms with Gasteiger partial charge in [0.2, 0.25) is 0 Å². The zero-order valence-corrected chi connectivity index (χ0v) is 12.3. The number of benzene rings is 2. The molecule has 0 heterocycles. The normalized spacial score (nSPS) is 13.4. The summed E-state index contributed by atoms with van der Waals surface area (Å²) < 4.78 is 5.08. The van der Waals surface area contributed by atoms with E-state index in [-0.39, 0.29) is 12.4 Å². The van der Waals surface area contributed by atoms with Crippen molar-refractivity contribution in [2.24, 2.45) is 5.73 Å². The van der Waals surface area contributed by atoms with Gasteiger partial charge in [-0.3, -0.25) is 4.79 Å². The molecule has 3 heteroatoms. The van der Waals surface area contributed by atoms with Crippen LogP contribution in [0.3, 0.4) is 0 Å². The molecule has 0 saturated heterocycles. The summed E-state index contributed by atoms with van der Waals surface area (Å²) in [6, 6.07) is 19.7. The standard InChI is InChI=1S/C18H21NO2/c1-2-21-17(20)14-18(19,16-11-7-4-8-12-16)13-15-9-5-3-6-10-15/h3-12H,2,13-14,19H2,1H3. The molecule has 21 heavy (non-hydrogen) atoms. The average Bonchev–Trinajstić information content (AvgIpc) is 2.49. The topological polar surface area (TPSA) is 52.3 Å².